The molecule has 172 valence electrons. The molecule has 3 aliphatic heterocycles. The molecule has 0 aromatic carbocycles. The molecule has 32 heavy (non-hydrogen) atoms. The molecular formula is C24H33N5O3. The van der Waals surface area contributed by atoms with Crippen LogP contribution in [-0.4, -0.2) is 83.4 Å². The molecule has 1 spiro atoms. The monoisotopic (exact) mass is 439 g/mol. The molecule has 1 amide bonds. The summed E-state index contributed by atoms with van der Waals surface area (Å²) in [5, 5.41) is 3.94. The van der Waals surface area contributed by atoms with E-state index in [1.165, 1.54) is 0 Å². The second kappa shape index (κ2) is 8.83. The summed E-state index contributed by atoms with van der Waals surface area (Å²) in [6.45, 7) is 10.1. The molecule has 3 aliphatic rings. The summed E-state index contributed by atoms with van der Waals surface area (Å²) in [6.07, 6.45) is 5.81. The molecule has 2 aromatic rings. The molecular weight excluding hydrogens is 406 g/mol. The van der Waals surface area contributed by atoms with Crippen molar-refractivity contribution >= 4 is 11.7 Å². The first kappa shape index (κ1) is 21.4. The number of ether oxygens (including phenoxy) is 1. The smallest absolute Gasteiger partial charge is 0.259 e. The Labute approximate surface area is 189 Å². The van der Waals surface area contributed by atoms with Crippen LogP contribution >= 0.6 is 0 Å². The van der Waals surface area contributed by atoms with Crippen molar-refractivity contribution in [1.29, 1.82) is 0 Å². The van der Waals surface area contributed by atoms with Gasteiger partial charge in [-0.25, -0.2) is 4.98 Å². The summed E-state index contributed by atoms with van der Waals surface area (Å²) >= 11 is 0. The third kappa shape index (κ3) is 4.13. The SMILES string of the molecule is Cc1noc(C)c1C(=O)N1CCC2(CC1)C[C@@H](N1CCN(c3ccccn3)CC1)CCO2. The predicted molar refractivity (Wildman–Crippen MR) is 121 cm³/mol. The zero-order valence-corrected chi connectivity index (χ0v) is 19.1. The highest BCUT2D eigenvalue weighted by Gasteiger charge is 2.43. The fraction of sp³-hybridized carbons (Fsp3) is 0.625. The number of rotatable bonds is 3. The van der Waals surface area contributed by atoms with E-state index in [9.17, 15) is 4.79 Å². The highest BCUT2D eigenvalue weighted by molar-refractivity contribution is 5.96. The van der Waals surface area contributed by atoms with E-state index in [1.54, 1.807) is 6.92 Å². The average Bonchev–Trinajstić information content (AvgIpc) is 3.17. The summed E-state index contributed by atoms with van der Waals surface area (Å²) in [7, 11) is 0. The van der Waals surface area contributed by atoms with Gasteiger partial charge in [0.25, 0.3) is 5.91 Å². The minimum Gasteiger partial charge on any atom is -0.375 e. The lowest BCUT2D eigenvalue weighted by molar-refractivity contribution is -0.130. The van der Waals surface area contributed by atoms with Crippen molar-refractivity contribution in [3.05, 3.63) is 41.4 Å². The fourth-order valence-corrected chi connectivity index (χ4v) is 5.58. The molecule has 0 unspecified atom stereocenters. The third-order valence-electron chi connectivity index (χ3n) is 7.48. The van der Waals surface area contributed by atoms with Crippen molar-refractivity contribution in [2.24, 2.45) is 0 Å². The maximum absolute atomic E-state index is 13.0. The van der Waals surface area contributed by atoms with E-state index in [0.717, 1.165) is 77.4 Å². The van der Waals surface area contributed by atoms with Gasteiger partial charge in [0.2, 0.25) is 0 Å². The Morgan fingerprint density at radius 2 is 1.88 bits per heavy atom. The maximum Gasteiger partial charge on any atom is 0.259 e. The number of pyridine rings is 1. The van der Waals surface area contributed by atoms with E-state index >= 15 is 0 Å². The Hall–Kier alpha value is -2.45. The number of nitrogens with zero attached hydrogens (tertiary/aromatic N) is 5. The molecule has 0 saturated carbocycles. The molecule has 1 atom stereocenters. The standard InChI is InChI=1S/C24H33N5O3/c1-18-22(19(2)32-26-18)23(30)29-10-7-24(8-11-29)17-20(6-16-31-24)27-12-14-28(15-13-27)21-5-3-4-9-25-21/h3-5,9,20H,6-8,10-17H2,1-2H3/t20-/m0/s1. The maximum atomic E-state index is 13.0. The van der Waals surface area contributed by atoms with Crippen molar-refractivity contribution in [1.82, 2.24) is 19.9 Å². The van der Waals surface area contributed by atoms with Crippen LogP contribution in [0.2, 0.25) is 0 Å². The third-order valence-corrected chi connectivity index (χ3v) is 7.48. The number of aromatic nitrogens is 2. The Morgan fingerprint density at radius 3 is 2.53 bits per heavy atom. The van der Waals surface area contributed by atoms with Crippen molar-refractivity contribution in [3.8, 4) is 0 Å². The van der Waals surface area contributed by atoms with Crippen LogP contribution in [-0.2, 0) is 4.74 Å². The van der Waals surface area contributed by atoms with Crippen LogP contribution in [0.25, 0.3) is 0 Å². The molecule has 3 fully saturated rings. The van der Waals surface area contributed by atoms with Gasteiger partial charge in [-0.15, -0.1) is 0 Å². The van der Waals surface area contributed by atoms with Crippen LogP contribution in [0, 0.1) is 13.8 Å². The zero-order chi connectivity index (χ0) is 22.1. The fourth-order valence-electron chi connectivity index (χ4n) is 5.58. The molecule has 8 heteroatoms. The highest BCUT2D eigenvalue weighted by Crippen LogP contribution is 2.37. The van der Waals surface area contributed by atoms with Crippen molar-refractivity contribution in [3.63, 3.8) is 0 Å². The first-order valence-corrected chi connectivity index (χ1v) is 11.8. The van der Waals surface area contributed by atoms with E-state index in [2.05, 4.69) is 32.1 Å². The first-order valence-electron chi connectivity index (χ1n) is 11.8. The van der Waals surface area contributed by atoms with Gasteiger partial charge in [-0.1, -0.05) is 11.2 Å². The number of piperazine rings is 1. The van der Waals surface area contributed by atoms with E-state index in [4.69, 9.17) is 9.26 Å². The Morgan fingerprint density at radius 1 is 1.09 bits per heavy atom. The van der Waals surface area contributed by atoms with Crippen molar-refractivity contribution < 1.29 is 14.1 Å². The van der Waals surface area contributed by atoms with Gasteiger partial charge in [-0.3, -0.25) is 9.69 Å². The molecule has 8 nitrogen and oxygen atoms in total. The second-order valence-electron chi connectivity index (χ2n) is 9.38. The van der Waals surface area contributed by atoms with Gasteiger partial charge in [-0.2, -0.15) is 0 Å². The van der Waals surface area contributed by atoms with E-state index in [0.29, 0.717) is 23.1 Å². The minimum atomic E-state index is -0.101. The molecule has 5 rings (SSSR count). The van der Waals surface area contributed by atoms with Gasteiger partial charge < -0.3 is 19.1 Å². The molecule has 3 saturated heterocycles. The molecule has 0 N–H and O–H groups in total. The van der Waals surface area contributed by atoms with Gasteiger partial charge in [0.05, 0.1) is 11.3 Å². The number of hydrogen-bond donors (Lipinski definition) is 0. The number of amides is 1. The number of aryl methyl sites for hydroxylation is 2. The molecule has 0 aliphatic carbocycles. The van der Waals surface area contributed by atoms with Crippen LogP contribution in [0.5, 0.6) is 0 Å². The molecule has 2 aromatic heterocycles. The van der Waals surface area contributed by atoms with Crippen LogP contribution in [0.15, 0.2) is 28.9 Å². The number of likely N-dealkylation sites (tertiary alicyclic amines) is 1. The summed E-state index contributed by atoms with van der Waals surface area (Å²) in [5.41, 5.74) is 1.19. The van der Waals surface area contributed by atoms with Gasteiger partial charge in [-0.05, 0) is 51.7 Å². The molecule has 0 radical (unpaired) electrons. The van der Waals surface area contributed by atoms with Crippen LogP contribution in [0.4, 0.5) is 5.82 Å². The van der Waals surface area contributed by atoms with Crippen molar-refractivity contribution in [2.75, 3.05) is 50.8 Å². The van der Waals surface area contributed by atoms with Crippen LogP contribution < -0.4 is 4.90 Å². The summed E-state index contributed by atoms with van der Waals surface area (Å²) < 4.78 is 11.6. The largest absolute Gasteiger partial charge is 0.375 e. The number of hydrogen-bond acceptors (Lipinski definition) is 7. The minimum absolute atomic E-state index is 0.0362. The van der Waals surface area contributed by atoms with Gasteiger partial charge in [0, 0.05) is 58.1 Å². The van der Waals surface area contributed by atoms with Crippen LogP contribution in [0.3, 0.4) is 0 Å². The van der Waals surface area contributed by atoms with Gasteiger partial charge in [0.1, 0.15) is 17.1 Å². The highest BCUT2D eigenvalue weighted by atomic mass is 16.5. The van der Waals surface area contributed by atoms with E-state index in [1.807, 2.05) is 24.1 Å². The Balaban J connectivity index is 1.17. The molecule has 0 bridgehead atoms. The Bertz CT molecular complexity index is 911. The number of carbonyl (C=O) groups excluding carboxylic acids is 1. The number of anilines is 1. The van der Waals surface area contributed by atoms with E-state index < -0.39 is 0 Å². The van der Waals surface area contributed by atoms with Gasteiger partial charge >= 0.3 is 0 Å². The Kier molecular flexibility index (Phi) is 5.90. The van der Waals surface area contributed by atoms with Gasteiger partial charge in [0.15, 0.2) is 0 Å². The van der Waals surface area contributed by atoms with Crippen LogP contribution in [0.1, 0.15) is 47.5 Å². The van der Waals surface area contributed by atoms with Crippen molar-refractivity contribution in [2.45, 2.75) is 51.2 Å². The normalized spacial score (nSPS) is 24.1. The second-order valence-corrected chi connectivity index (χ2v) is 9.38. The molecule has 5 heterocycles. The topological polar surface area (TPSA) is 74.9 Å². The average molecular weight is 440 g/mol. The lowest BCUT2D eigenvalue weighted by Gasteiger charge is -2.49. The summed E-state index contributed by atoms with van der Waals surface area (Å²) in [4.78, 5) is 24.5. The van der Waals surface area contributed by atoms with E-state index in [-0.39, 0.29) is 11.5 Å². The number of carbonyl (C=O) groups is 1. The lowest BCUT2D eigenvalue weighted by Crippen LogP contribution is -2.57. The lowest BCUT2D eigenvalue weighted by atomic mass is 9.81. The summed E-state index contributed by atoms with van der Waals surface area (Å²) in [5.74, 6) is 1.71. The summed E-state index contributed by atoms with van der Waals surface area (Å²) in [6, 6.07) is 6.67. The quantitative estimate of drug-likeness (QED) is 0.728. The first-order chi connectivity index (χ1) is 15.5. The number of piperidine rings is 1. The predicted octanol–water partition coefficient (Wildman–Crippen LogP) is 2.66. The zero-order valence-electron chi connectivity index (χ0n) is 19.1.